The highest BCUT2D eigenvalue weighted by Gasteiger charge is 2.26. The average Bonchev–Trinajstić information content (AvgIpc) is 3.08. The monoisotopic (exact) mass is 512 g/mol. The van der Waals surface area contributed by atoms with Crippen molar-refractivity contribution >= 4 is 34.8 Å². The Morgan fingerprint density at radius 1 is 1.03 bits per heavy atom. The molecule has 1 saturated heterocycles. The largest absolute Gasteiger partial charge is 0.378 e. The standard InChI is InChI=1S/C28H28N6O4/c1-18-15-24(34-11-13-38-14-12-34)25(29-17-18)27(36)32-33-28(37)31-23-16-21(19-7-3-2-4-8-19)20-9-5-6-10-22(20)30-26(23)35/h2-10,15-17,23H,11-14H2,1H3,(H,30,35)(H,32,36)(H2,31,33,37)/t23-/m0/s1. The lowest BCUT2D eigenvalue weighted by atomic mass is 9.96. The fraction of sp³-hybridized carbons (Fsp3) is 0.214. The number of carbonyl (C=O) groups is 3. The van der Waals surface area contributed by atoms with Crippen LogP contribution >= 0.6 is 0 Å². The average molecular weight is 513 g/mol. The van der Waals surface area contributed by atoms with Crippen LogP contribution in [-0.4, -0.2) is 55.2 Å². The van der Waals surface area contributed by atoms with Gasteiger partial charge in [-0.05, 0) is 41.8 Å². The molecule has 4 amide bonds. The Morgan fingerprint density at radius 3 is 2.55 bits per heavy atom. The van der Waals surface area contributed by atoms with E-state index in [1.165, 1.54) is 0 Å². The van der Waals surface area contributed by atoms with Gasteiger partial charge in [0.05, 0.1) is 18.9 Å². The number of fused-ring (bicyclic) bond motifs is 1. The van der Waals surface area contributed by atoms with Gasteiger partial charge in [-0.2, -0.15) is 0 Å². The summed E-state index contributed by atoms with van der Waals surface area (Å²) in [6.45, 7) is 4.28. The molecule has 0 saturated carbocycles. The van der Waals surface area contributed by atoms with Crippen molar-refractivity contribution in [2.45, 2.75) is 13.0 Å². The van der Waals surface area contributed by atoms with Crippen molar-refractivity contribution in [2.24, 2.45) is 0 Å². The molecule has 2 aliphatic rings. The van der Waals surface area contributed by atoms with E-state index in [-0.39, 0.29) is 5.69 Å². The fourth-order valence-electron chi connectivity index (χ4n) is 4.47. The predicted molar refractivity (Wildman–Crippen MR) is 144 cm³/mol. The molecule has 0 radical (unpaired) electrons. The first-order valence-corrected chi connectivity index (χ1v) is 12.3. The molecule has 2 aliphatic heterocycles. The minimum atomic E-state index is -0.990. The van der Waals surface area contributed by atoms with E-state index in [1.807, 2.05) is 72.5 Å². The molecule has 10 nitrogen and oxygen atoms in total. The summed E-state index contributed by atoms with van der Waals surface area (Å²) in [6, 6.07) is 17.2. The maximum Gasteiger partial charge on any atom is 0.334 e. The quantitative estimate of drug-likeness (QED) is 0.399. The van der Waals surface area contributed by atoms with Crippen LogP contribution < -0.4 is 26.4 Å². The van der Waals surface area contributed by atoms with Gasteiger partial charge in [0.15, 0.2) is 5.69 Å². The molecule has 1 aromatic heterocycles. The number of hydrogen-bond acceptors (Lipinski definition) is 6. The number of pyridine rings is 1. The molecule has 3 heterocycles. The maximum atomic E-state index is 13.0. The molecule has 5 rings (SSSR count). The van der Waals surface area contributed by atoms with E-state index in [2.05, 4.69) is 26.5 Å². The molecule has 0 spiro atoms. The van der Waals surface area contributed by atoms with Gasteiger partial charge in [-0.3, -0.25) is 15.0 Å². The van der Waals surface area contributed by atoms with Crippen molar-refractivity contribution < 1.29 is 19.1 Å². The summed E-state index contributed by atoms with van der Waals surface area (Å²) in [6.07, 6.45) is 3.30. The lowest BCUT2D eigenvalue weighted by Gasteiger charge is -2.30. The number of urea groups is 1. The zero-order valence-electron chi connectivity index (χ0n) is 20.9. The van der Waals surface area contributed by atoms with Crippen LogP contribution in [0.5, 0.6) is 0 Å². The SMILES string of the molecule is Cc1cnc(C(=O)NNC(=O)N[C@H]2C=C(c3ccccc3)c3ccccc3NC2=O)c(N2CCOCC2)c1. The van der Waals surface area contributed by atoms with Gasteiger partial charge in [0, 0.05) is 30.5 Å². The van der Waals surface area contributed by atoms with Crippen LogP contribution in [0.25, 0.3) is 5.57 Å². The normalized spacial score (nSPS) is 16.9. The highest BCUT2D eigenvalue weighted by Crippen LogP contribution is 2.32. The molecule has 10 heteroatoms. The number of anilines is 2. The van der Waals surface area contributed by atoms with E-state index in [0.717, 1.165) is 22.3 Å². The predicted octanol–water partition coefficient (Wildman–Crippen LogP) is 2.62. The first kappa shape index (κ1) is 25.0. The molecule has 0 unspecified atom stereocenters. The first-order valence-electron chi connectivity index (χ1n) is 12.3. The van der Waals surface area contributed by atoms with Gasteiger partial charge in [0.1, 0.15) is 6.04 Å². The van der Waals surface area contributed by atoms with E-state index < -0.39 is 23.9 Å². The molecule has 194 valence electrons. The summed E-state index contributed by atoms with van der Waals surface area (Å²) in [5, 5.41) is 5.51. The number of aromatic nitrogens is 1. The Morgan fingerprint density at radius 2 is 1.76 bits per heavy atom. The Kier molecular flexibility index (Phi) is 7.32. The third-order valence-corrected chi connectivity index (χ3v) is 6.32. The maximum absolute atomic E-state index is 13.0. The molecule has 1 atom stereocenters. The van der Waals surface area contributed by atoms with Crippen molar-refractivity contribution in [1.82, 2.24) is 21.2 Å². The van der Waals surface area contributed by atoms with Crippen LogP contribution in [-0.2, 0) is 9.53 Å². The van der Waals surface area contributed by atoms with E-state index in [1.54, 1.807) is 12.3 Å². The summed E-state index contributed by atoms with van der Waals surface area (Å²) >= 11 is 0. The van der Waals surface area contributed by atoms with Crippen LogP contribution in [0.4, 0.5) is 16.2 Å². The zero-order chi connectivity index (χ0) is 26.5. The number of morpholine rings is 1. The van der Waals surface area contributed by atoms with Crippen LogP contribution in [0.2, 0.25) is 0 Å². The van der Waals surface area contributed by atoms with E-state index in [0.29, 0.717) is 37.7 Å². The number of aryl methyl sites for hydroxylation is 1. The van der Waals surface area contributed by atoms with Gasteiger partial charge in [-0.1, -0.05) is 48.5 Å². The Hall–Kier alpha value is -4.70. The van der Waals surface area contributed by atoms with Crippen molar-refractivity contribution in [3.8, 4) is 0 Å². The number of nitrogens with zero attached hydrogens (tertiary/aromatic N) is 2. The number of amides is 4. The van der Waals surface area contributed by atoms with Gasteiger partial charge in [0.25, 0.3) is 11.8 Å². The number of nitrogens with one attached hydrogen (secondary N) is 4. The topological polar surface area (TPSA) is 125 Å². The number of hydrogen-bond donors (Lipinski definition) is 4. The molecular weight excluding hydrogens is 484 g/mol. The van der Waals surface area contributed by atoms with Crippen LogP contribution in [0.15, 0.2) is 72.9 Å². The van der Waals surface area contributed by atoms with Crippen LogP contribution in [0, 0.1) is 6.92 Å². The summed E-state index contributed by atoms with van der Waals surface area (Å²) in [7, 11) is 0. The number of carbonyl (C=O) groups excluding carboxylic acids is 3. The first-order chi connectivity index (χ1) is 18.5. The Labute approximate surface area is 220 Å². The number of hydrazine groups is 1. The molecule has 0 aliphatic carbocycles. The van der Waals surface area contributed by atoms with E-state index in [9.17, 15) is 14.4 Å². The third kappa shape index (κ3) is 5.50. The fourth-order valence-corrected chi connectivity index (χ4v) is 4.47. The van der Waals surface area contributed by atoms with Gasteiger partial charge < -0.3 is 20.3 Å². The second-order valence-electron chi connectivity index (χ2n) is 8.99. The van der Waals surface area contributed by atoms with Crippen molar-refractivity contribution in [3.05, 3.63) is 95.3 Å². The molecule has 3 aromatic rings. The van der Waals surface area contributed by atoms with Gasteiger partial charge >= 0.3 is 6.03 Å². The third-order valence-electron chi connectivity index (χ3n) is 6.32. The number of rotatable bonds is 4. The number of ether oxygens (including phenoxy) is 1. The lowest BCUT2D eigenvalue weighted by Crippen LogP contribution is -2.52. The van der Waals surface area contributed by atoms with Gasteiger partial charge in [-0.15, -0.1) is 0 Å². The highest BCUT2D eigenvalue weighted by molar-refractivity contribution is 6.05. The van der Waals surface area contributed by atoms with Crippen molar-refractivity contribution in [2.75, 3.05) is 36.5 Å². The molecule has 4 N–H and O–H groups in total. The summed E-state index contributed by atoms with van der Waals surface area (Å²) in [4.78, 5) is 45.0. The van der Waals surface area contributed by atoms with Crippen LogP contribution in [0.3, 0.4) is 0 Å². The van der Waals surface area contributed by atoms with E-state index >= 15 is 0 Å². The summed E-state index contributed by atoms with van der Waals surface area (Å²) in [5.41, 5.74) is 9.71. The minimum Gasteiger partial charge on any atom is -0.378 e. The molecule has 1 fully saturated rings. The van der Waals surface area contributed by atoms with Crippen LogP contribution in [0.1, 0.15) is 27.2 Å². The summed E-state index contributed by atoms with van der Waals surface area (Å²) in [5.74, 6) is -0.973. The smallest absolute Gasteiger partial charge is 0.334 e. The van der Waals surface area contributed by atoms with Gasteiger partial charge in [0.2, 0.25) is 0 Å². The molecule has 2 aromatic carbocycles. The zero-order valence-corrected chi connectivity index (χ0v) is 20.9. The van der Waals surface area contributed by atoms with Crippen molar-refractivity contribution in [3.63, 3.8) is 0 Å². The molecular formula is C28H28N6O4. The molecule has 38 heavy (non-hydrogen) atoms. The van der Waals surface area contributed by atoms with Gasteiger partial charge in [-0.25, -0.2) is 15.2 Å². The lowest BCUT2D eigenvalue weighted by molar-refractivity contribution is -0.116. The minimum absolute atomic E-state index is 0.187. The Bertz CT molecular complexity index is 1390. The Balaban J connectivity index is 1.31. The number of para-hydroxylation sites is 1. The van der Waals surface area contributed by atoms with Crippen molar-refractivity contribution in [1.29, 1.82) is 0 Å². The summed E-state index contributed by atoms with van der Waals surface area (Å²) < 4.78 is 5.41. The molecule has 0 bridgehead atoms. The second-order valence-corrected chi connectivity index (χ2v) is 8.99. The number of benzene rings is 2. The second kappa shape index (κ2) is 11.1. The van der Waals surface area contributed by atoms with E-state index in [4.69, 9.17) is 4.74 Å². The highest BCUT2D eigenvalue weighted by atomic mass is 16.5.